The molecule has 7 heteroatoms. The Labute approximate surface area is 167 Å². The lowest BCUT2D eigenvalue weighted by molar-refractivity contribution is 0.187. The van der Waals surface area contributed by atoms with E-state index in [9.17, 15) is 4.79 Å². The van der Waals surface area contributed by atoms with Crippen LogP contribution < -0.4 is 5.32 Å². The molecule has 0 aliphatic heterocycles. The Bertz CT molecular complexity index is 1000. The van der Waals surface area contributed by atoms with E-state index in [0.29, 0.717) is 26.2 Å². The lowest BCUT2D eigenvalue weighted by Crippen LogP contribution is -2.40. The molecule has 0 saturated carbocycles. The van der Waals surface area contributed by atoms with Gasteiger partial charge in [-0.15, -0.1) is 11.3 Å². The summed E-state index contributed by atoms with van der Waals surface area (Å²) in [4.78, 5) is 20.3. The predicted octanol–water partition coefficient (Wildman–Crippen LogP) is 4.41. The molecular weight excluding hydrogens is 372 g/mol. The summed E-state index contributed by atoms with van der Waals surface area (Å²) >= 11 is 1.64. The highest BCUT2D eigenvalue weighted by Crippen LogP contribution is 2.16. The Hall–Kier alpha value is -3.06. The first-order valence-corrected chi connectivity index (χ1v) is 10.1. The minimum Gasteiger partial charge on any atom is -0.467 e. The van der Waals surface area contributed by atoms with Crippen LogP contribution >= 0.6 is 11.3 Å². The molecule has 0 radical (unpaired) electrons. The van der Waals surface area contributed by atoms with E-state index < -0.39 is 0 Å². The normalized spacial score (nSPS) is 11.0. The molecule has 0 aliphatic rings. The number of hydrogen-bond acceptors (Lipinski definition) is 4. The molecule has 6 nitrogen and oxygen atoms in total. The summed E-state index contributed by atoms with van der Waals surface area (Å²) in [5.74, 6) is 1.71. The van der Waals surface area contributed by atoms with E-state index >= 15 is 0 Å². The number of furan rings is 1. The molecule has 0 unspecified atom stereocenters. The maximum absolute atomic E-state index is 12.8. The van der Waals surface area contributed by atoms with Gasteiger partial charge in [0.25, 0.3) is 0 Å². The number of benzene rings is 1. The predicted molar refractivity (Wildman–Crippen MR) is 110 cm³/mol. The van der Waals surface area contributed by atoms with Crippen molar-refractivity contribution in [1.29, 1.82) is 0 Å². The SMILES string of the molecule is Cc1nc2ccccc2n1CCNC(=O)N(Cc1ccco1)Cc1cccs1. The van der Waals surface area contributed by atoms with Gasteiger partial charge >= 0.3 is 6.03 Å². The maximum atomic E-state index is 12.8. The van der Waals surface area contributed by atoms with Crippen molar-refractivity contribution in [2.75, 3.05) is 6.54 Å². The number of carbonyl (C=O) groups excluding carboxylic acids is 1. The number of rotatable bonds is 7. The van der Waals surface area contributed by atoms with Crippen LogP contribution in [-0.2, 0) is 19.6 Å². The van der Waals surface area contributed by atoms with E-state index in [4.69, 9.17) is 4.42 Å². The molecule has 1 aromatic carbocycles. The molecular formula is C21H22N4O2S. The monoisotopic (exact) mass is 394 g/mol. The third kappa shape index (κ3) is 4.09. The largest absolute Gasteiger partial charge is 0.467 e. The number of fused-ring (bicyclic) bond motifs is 1. The van der Waals surface area contributed by atoms with Crippen LogP contribution in [0.1, 0.15) is 16.5 Å². The standard InChI is InChI=1S/C21H22N4O2S/c1-16-23-19-8-2-3-9-20(19)25(16)11-10-22-21(26)24(14-17-6-4-12-27-17)15-18-7-5-13-28-18/h2-9,12-13H,10-11,14-15H2,1H3,(H,22,26). The molecule has 0 bridgehead atoms. The van der Waals surface area contributed by atoms with Crippen LogP contribution in [0.5, 0.6) is 0 Å². The van der Waals surface area contributed by atoms with Crippen LogP contribution in [0.4, 0.5) is 4.79 Å². The van der Waals surface area contributed by atoms with Gasteiger partial charge in [-0.1, -0.05) is 18.2 Å². The molecule has 4 aromatic rings. The number of amides is 2. The summed E-state index contributed by atoms with van der Waals surface area (Å²) in [6.07, 6.45) is 1.63. The molecule has 4 rings (SSSR count). The quantitative estimate of drug-likeness (QED) is 0.505. The lowest BCUT2D eigenvalue weighted by atomic mass is 10.3. The summed E-state index contributed by atoms with van der Waals surface area (Å²) in [6, 6.07) is 15.7. The lowest BCUT2D eigenvalue weighted by Gasteiger charge is -2.22. The first-order chi connectivity index (χ1) is 13.7. The molecule has 0 fully saturated rings. The van der Waals surface area contributed by atoms with Gasteiger partial charge in [-0.3, -0.25) is 0 Å². The summed E-state index contributed by atoms with van der Waals surface area (Å²) in [7, 11) is 0. The molecule has 0 saturated heterocycles. The van der Waals surface area contributed by atoms with Crippen LogP contribution in [0, 0.1) is 6.92 Å². The number of imidazole rings is 1. The molecule has 0 atom stereocenters. The van der Waals surface area contributed by atoms with Crippen LogP contribution in [0.2, 0.25) is 0 Å². The van der Waals surface area contributed by atoms with Gasteiger partial charge in [-0.2, -0.15) is 0 Å². The average Bonchev–Trinajstić information content (AvgIpc) is 3.44. The van der Waals surface area contributed by atoms with Crippen molar-refractivity contribution in [1.82, 2.24) is 19.8 Å². The topological polar surface area (TPSA) is 63.3 Å². The Kier molecular flexibility index (Phi) is 5.43. The number of hydrogen-bond donors (Lipinski definition) is 1. The van der Waals surface area contributed by atoms with E-state index in [2.05, 4.69) is 20.9 Å². The number of nitrogens with zero attached hydrogens (tertiary/aromatic N) is 3. The van der Waals surface area contributed by atoms with Gasteiger partial charge in [-0.25, -0.2) is 9.78 Å². The van der Waals surface area contributed by atoms with Gasteiger partial charge in [0.1, 0.15) is 11.6 Å². The highest BCUT2D eigenvalue weighted by molar-refractivity contribution is 7.09. The van der Waals surface area contributed by atoms with E-state index in [1.54, 1.807) is 22.5 Å². The van der Waals surface area contributed by atoms with Gasteiger partial charge in [0, 0.05) is 18.0 Å². The Morgan fingerprint density at radius 3 is 2.86 bits per heavy atom. The van der Waals surface area contributed by atoms with Crippen molar-refractivity contribution in [3.8, 4) is 0 Å². The summed E-state index contributed by atoms with van der Waals surface area (Å²) in [5, 5.41) is 5.06. The smallest absolute Gasteiger partial charge is 0.318 e. The van der Waals surface area contributed by atoms with Crippen molar-refractivity contribution >= 4 is 28.4 Å². The first kappa shape index (κ1) is 18.3. The van der Waals surface area contributed by atoms with Gasteiger partial charge in [0.05, 0.1) is 30.4 Å². The molecule has 0 aliphatic carbocycles. The van der Waals surface area contributed by atoms with Crippen molar-refractivity contribution in [3.05, 3.63) is 76.6 Å². The van der Waals surface area contributed by atoms with Gasteiger partial charge < -0.3 is 19.2 Å². The Balaban J connectivity index is 1.41. The number of aromatic nitrogens is 2. The molecule has 2 amide bonds. The molecule has 28 heavy (non-hydrogen) atoms. The second-order valence-electron chi connectivity index (χ2n) is 6.55. The Morgan fingerprint density at radius 2 is 2.07 bits per heavy atom. The van der Waals surface area contributed by atoms with E-state index in [0.717, 1.165) is 27.5 Å². The third-order valence-electron chi connectivity index (χ3n) is 4.60. The second kappa shape index (κ2) is 8.31. The highest BCUT2D eigenvalue weighted by Gasteiger charge is 2.16. The van der Waals surface area contributed by atoms with Crippen LogP contribution in [-0.4, -0.2) is 27.0 Å². The maximum Gasteiger partial charge on any atom is 0.318 e. The fourth-order valence-corrected chi connectivity index (χ4v) is 3.96. The van der Waals surface area contributed by atoms with Gasteiger partial charge in [0.2, 0.25) is 0 Å². The third-order valence-corrected chi connectivity index (χ3v) is 5.46. The zero-order valence-electron chi connectivity index (χ0n) is 15.7. The van der Waals surface area contributed by atoms with Gasteiger partial charge in [0.15, 0.2) is 0 Å². The van der Waals surface area contributed by atoms with E-state index in [-0.39, 0.29) is 6.03 Å². The zero-order chi connectivity index (χ0) is 19.3. The number of urea groups is 1. The molecule has 3 aromatic heterocycles. The highest BCUT2D eigenvalue weighted by atomic mass is 32.1. The number of para-hydroxylation sites is 2. The van der Waals surface area contributed by atoms with Crippen molar-refractivity contribution in [2.24, 2.45) is 0 Å². The first-order valence-electron chi connectivity index (χ1n) is 9.20. The number of aryl methyl sites for hydroxylation is 1. The van der Waals surface area contributed by atoms with E-state index in [1.165, 1.54) is 0 Å². The number of carbonyl (C=O) groups is 1. The Morgan fingerprint density at radius 1 is 1.18 bits per heavy atom. The number of thiophene rings is 1. The summed E-state index contributed by atoms with van der Waals surface area (Å²) in [6.45, 7) is 4.17. The minimum absolute atomic E-state index is 0.105. The van der Waals surface area contributed by atoms with Crippen LogP contribution in [0.15, 0.2) is 64.6 Å². The van der Waals surface area contributed by atoms with Crippen molar-refractivity contribution in [3.63, 3.8) is 0 Å². The van der Waals surface area contributed by atoms with Crippen molar-refractivity contribution in [2.45, 2.75) is 26.6 Å². The zero-order valence-corrected chi connectivity index (χ0v) is 16.5. The fraction of sp³-hybridized carbons (Fsp3) is 0.238. The van der Waals surface area contributed by atoms with Crippen molar-refractivity contribution < 1.29 is 9.21 Å². The molecule has 144 valence electrons. The second-order valence-corrected chi connectivity index (χ2v) is 7.58. The van der Waals surface area contributed by atoms with Gasteiger partial charge in [-0.05, 0) is 42.6 Å². The molecule has 3 heterocycles. The minimum atomic E-state index is -0.105. The summed E-state index contributed by atoms with van der Waals surface area (Å²) in [5.41, 5.74) is 2.06. The summed E-state index contributed by atoms with van der Waals surface area (Å²) < 4.78 is 7.56. The molecule has 0 spiro atoms. The molecule has 1 N–H and O–H groups in total. The fourth-order valence-electron chi connectivity index (χ4n) is 3.25. The average molecular weight is 395 g/mol. The number of nitrogens with one attached hydrogen (secondary N) is 1. The van der Waals surface area contributed by atoms with E-state index in [1.807, 2.05) is 54.8 Å². The van der Waals surface area contributed by atoms with Crippen LogP contribution in [0.3, 0.4) is 0 Å². The van der Waals surface area contributed by atoms with Crippen LogP contribution in [0.25, 0.3) is 11.0 Å².